The molecular weight excluding hydrogens is 315 g/mol. The summed E-state index contributed by atoms with van der Waals surface area (Å²) in [7, 11) is -3.22. The Morgan fingerprint density at radius 1 is 1.07 bits per heavy atom. The number of sulfone groups is 1. The molecule has 0 aliphatic heterocycles. The van der Waals surface area contributed by atoms with Crippen LogP contribution in [0.4, 0.5) is 0 Å². The number of rotatable bonds is 3. The van der Waals surface area contributed by atoms with E-state index in [1.165, 1.54) is 5.41 Å². The third kappa shape index (κ3) is 4.38. The molecule has 2 nitrogen and oxygen atoms in total. The molecular formula is C11H16O2SSn. The van der Waals surface area contributed by atoms with E-state index in [1.54, 1.807) is 24.3 Å². The van der Waals surface area contributed by atoms with Crippen LogP contribution in [0.15, 0.2) is 44.7 Å². The quantitative estimate of drug-likeness (QED) is 0.799. The summed E-state index contributed by atoms with van der Waals surface area (Å²) in [6, 6.07) is 8.53. The van der Waals surface area contributed by atoms with Gasteiger partial charge in [-0.05, 0) is 0 Å². The van der Waals surface area contributed by atoms with Crippen molar-refractivity contribution in [1.29, 1.82) is 0 Å². The Balaban J connectivity index is 3.01. The van der Waals surface area contributed by atoms with Gasteiger partial charge < -0.3 is 0 Å². The van der Waals surface area contributed by atoms with E-state index in [0.29, 0.717) is 4.90 Å². The average Bonchev–Trinajstić information content (AvgIpc) is 2.16. The zero-order chi connectivity index (χ0) is 11.5. The molecule has 0 unspecified atom stereocenters. The molecule has 4 heteroatoms. The van der Waals surface area contributed by atoms with Gasteiger partial charge in [0.05, 0.1) is 0 Å². The van der Waals surface area contributed by atoms with Gasteiger partial charge in [-0.25, -0.2) is 0 Å². The van der Waals surface area contributed by atoms with Gasteiger partial charge in [-0.3, -0.25) is 0 Å². The first-order chi connectivity index (χ1) is 6.81. The second kappa shape index (κ2) is 4.70. The molecule has 1 aromatic rings. The van der Waals surface area contributed by atoms with Gasteiger partial charge in [0.2, 0.25) is 0 Å². The molecule has 0 aliphatic rings. The topological polar surface area (TPSA) is 34.1 Å². The molecule has 0 atom stereocenters. The SMILES string of the molecule is [CH3][Sn]([CH3])([CH3])/[CH]=C/S(=O)(=O)c1ccccc1. The first kappa shape index (κ1) is 12.8. The van der Waals surface area contributed by atoms with Crippen LogP contribution in [-0.4, -0.2) is 26.8 Å². The van der Waals surface area contributed by atoms with Crippen molar-refractivity contribution in [3.63, 3.8) is 0 Å². The molecule has 0 amide bonds. The van der Waals surface area contributed by atoms with Crippen LogP contribution >= 0.6 is 0 Å². The van der Waals surface area contributed by atoms with Crippen molar-refractivity contribution >= 4 is 28.2 Å². The van der Waals surface area contributed by atoms with Gasteiger partial charge in [-0.1, -0.05) is 0 Å². The Labute approximate surface area is 95.8 Å². The number of benzene rings is 1. The predicted molar refractivity (Wildman–Crippen MR) is 66.1 cm³/mol. The molecule has 0 bridgehead atoms. The van der Waals surface area contributed by atoms with Crippen molar-refractivity contribution in [3.05, 3.63) is 39.8 Å². The summed E-state index contributed by atoms with van der Waals surface area (Å²) >= 11 is -2.14. The van der Waals surface area contributed by atoms with Gasteiger partial charge in [-0.15, -0.1) is 0 Å². The molecule has 0 aliphatic carbocycles. The Hall–Kier alpha value is -0.291. The van der Waals surface area contributed by atoms with E-state index in [2.05, 4.69) is 14.8 Å². The van der Waals surface area contributed by atoms with Crippen LogP contribution in [-0.2, 0) is 9.84 Å². The van der Waals surface area contributed by atoms with E-state index in [1.807, 2.05) is 10.2 Å². The van der Waals surface area contributed by atoms with Gasteiger partial charge in [0.25, 0.3) is 0 Å². The number of hydrogen-bond donors (Lipinski definition) is 0. The fourth-order valence-corrected chi connectivity index (χ4v) is 7.29. The summed E-state index contributed by atoms with van der Waals surface area (Å²) in [6.45, 7) is 0. The fourth-order valence-electron chi connectivity index (χ4n) is 0.982. The summed E-state index contributed by atoms with van der Waals surface area (Å²) in [4.78, 5) is 6.89. The van der Waals surface area contributed by atoms with Crippen LogP contribution in [0.5, 0.6) is 0 Å². The van der Waals surface area contributed by atoms with Crippen LogP contribution in [0.2, 0.25) is 14.8 Å². The van der Waals surface area contributed by atoms with E-state index in [-0.39, 0.29) is 0 Å². The van der Waals surface area contributed by atoms with Gasteiger partial charge in [0.15, 0.2) is 0 Å². The van der Waals surface area contributed by atoms with Crippen molar-refractivity contribution in [3.8, 4) is 0 Å². The molecule has 0 saturated carbocycles. The van der Waals surface area contributed by atoms with E-state index >= 15 is 0 Å². The molecule has 1 rings (SSSR count). The van der Waals surface area contributed by atoms with E-state index in [4.69, 9.17) is 0 Å². The van der Waals surface area contributed by atoms with Crippen molar-refractivity contribution < 1.29 is 8.42 Å². The maximum atomic E-state index is 11.8. The molecule has 0 heterocycles. The number of hydrogen-bond acceptors (Lipinski definition) is 2. The Kier molecular flexibility index (Phi) is 4.00. The van der Waals surface area contributed by atoms with Crippen LogP contribution in [0.1, 0.15) is 0 Å². The molecule has 15 heavy (non-hydrogen) atoms. The molecule has 0 fully saturated rings. The van der Waals surface area contributed by atoms with Crippen molar-refractivity contribution in [1.82, 2.24) is 0 Å². The van der Waals surface area contributed by atoms with Gasteiger partial charge >= 0.3 is 96.2 Å². The van der Waals surface area contributed by atoms with Gasteiger partial charge in [0, 0.05) is 0 Å². The normalized spacial score (nSPS) is 13.3. The molecule has 0 saturated heterocycles. The van der Waals surface area contributed by atoms with Crippen LogP contribution < -0.4 is 0 Å². The average molecular weight is 331 g/mol. The molecule has 0 spiro atoms. The van der Waals surface area contributed by atoms with Crippen molar-refractivity contribution in [2.45, 2.75) is 19.7 Å². The second-order valence-electron chi connectivity index (χ2n) is 4.53. The summed E-state index contributed by atoms with van der Waals surface area (Å²) < 4.78 is 25.6. The first-order valence-corrected chi connectivity index (χ1v) is 16.6. The molecule has 0 aromatic heterocycles. The zero-order valence-electron chi connectivity index (χ0n) is 9.27. The van der Waals surface area contributed by atoms with E-state index in [9.17, 15) is 8.42 Å². The zero-order valence-corrected chi connectivity index (χ0v) is 12.9. The monoisotopic (exact) mass is 332 g/mol. The van der Waals surface area contributed by atoms with Crippen LogP contribution in [0.25, 0.3) is 0 Å². The molecule has 1 aromatic carbocycles. The third-order valence-electron chi connectivity index (χ3n) is 1.82. The van der Waals surface area contributed by atoms with Gasteiger partial charge in [0.1, 0.15) is 0 Å². The standard InChI is InChI=1S/C8H7O2S.3CH3.Sn/c1-2-11(9,10)8-6-4-3-5-7-8;;;;/h1-7H;3*1H3;. The first-order valence-electron chi connectivity index (χ1n) is 4.81. The summed E-state index contributed by atoms with van der Waals surface area (Å²) in [5, 5.41) is 1.37. The second-order valence-corrected chi connectivity index (χ2v) is 20.8. The summed E-state index contributed by atoms with van der Waals surface area (Å²) in [5.74, 6) is 0. The van der Waals surface area contributed by atoms with Crippen molar-refractivity contribution in [2.24, 2.45) is 0 Å². The Morgan fingerprint density at radius 2 is 1.60 bits per heavy atom. The van der Waals surface area contributed by atoms with E-state index < -0.39 is 28.2 Å². The third-order valence-corrected chi connectivity index (χ3v) is 7.26. The molecule has 0 radical (unpaired) electrons. The van der Waals surface area contributed by atoms with Crippen LogP contribution in [0, 0.1) is 0 Å². The predicted octanol–water partition coefficient (Wildman–Crippen LogP) is 2.85. The van der Waals surface area contributed by atoms with E-state index in [0.717, 1.165) is 0 Å². The fraction of sp³-hybridized carbons (Fsp3) is 0.273. The summed E-state index contributed by atoms with van der Waals surface area (Å²) in [5.41, 5.74) is 0. The summed E-state index contributed by atoms with van der Waals surface area (Å²) in [6.07, 6.45) is 0. The minimum absolute atomic E-state index is 0.372. The Bertz CT molecular complexity index is 441. The van der Waals surface area contributed by atoms with Crippen LogP contribution in [0.3, 0.4) is 0 Å². The maximum absolute atomic E-state index is 11.8. The Morgan fingerprint density at radius 3 is 2.07 bits per heavy atom. The minimum atomic E-state index is -3.22. The van der Waals surface area contributed by atoms with Crippen molar-refractivity contribution in [2.75, 3.05) is 0 Å². The molecule has 0 N–H and O–H groups in total. The molecule has 82 valence electrons. The van der Waals surface area contributed by atoms with Gasteiger partial charge in [-0.2, -0.15) is 0 Å².